The van der Waals surface area contributed by atoms with Crippen LogP contribution in [0.4, 0.5) is 0 Å². The van der Waals surface area contributed by atoms with Crippen molar-refractivity contribution < 1.29 is 19.1 Å². The van der Waals surface area contributed by atoms with E-state index < -0.39 is 11.9 Å². The Morgan fingerprint density at radius 3 is 2.44 bits per heavy atom. The zero-order chi connectivity index (χ0) is 13.7. The second-order valence-corrected chi connectivity index (χ2v) is 3.95. The van der Waals surface area contributed by atoms with Gasteiger partial charge in [0.2, 0.25) is 0 Å². The molecular weight excluding hydrogens is 234 g/mol. The predicted molar refractivity (Wildman–Crippen MR) is 66.3 cm³/mol. The fourth-order valence-corrected chi connectivity index (χ4v) is 1.81. The number of methoxy groups -OCH3 is 2. The minimum Gasteiger partial charge on any atom is -0.496 e. The Kier molecular flexibility index (Phi) is 4.71. The van der Waals surface area contributed by atoms with Gasteiger partial charge in [0.1, 0.15) is 5.75 Å². The lowest BCUT2D eigenvalue weighted by molar-refractivity contribution is -0.152. The Morgan fingerprint density at radius 2 is 1.89 bits per heavy atom. The molecule has 0 saturated carbocycles. The molecule has 1 N–H and O–H groups in total. The second kappa shape index (κ2) is 6.05. The van der Waals surface area contributed by atoms with Crippen molar-refractivity contribution in [3.05, 3.63) is 28.8 Å². The molecule has 0 spiro atoms. The van der Waals surface area contributed by atoms with Crippen molar-refractivity contribution in [1.82, 2.24) is 5.32 Å². The van der Waals surface area contributed by atoms with E-state index in [4.69, 9.17) is 4.74 Å². The highest BCUT2D eigenvalue weighted by atomic mass is 16.5. The summed E-state index contributed by atoms with van der Waals surface area (Å²) < 4.78 is 9.60. The molecular formula is C13H17NO4. The van der Waals surface area contributed by atoms with Crippen LogP contribution >= 0.6 is 0 Å². The lowest BCUT2D eigenvalue weighted by atomic mass is 10.1. The number of carbonyl (C=O) groups excluding carboxylic acids is 2. The van der Waals surface area contributed by atoms with Crippen LogP contribution in [0.5, 0.6) is 5.75 Å². The SMILES string of the molecule is COC(=O)C(=O)NCc1cc(C)cc(C)c1OC. The smallest absolute Gasteiger partial charge is 0.396 e. The topological polar surface area (TPSA) is 64.6 Å². The summed E-state index contributed by atoms with van der Waals surface area (Å²) in [6.45, 7) is 4.11. The molecule has 18 heavy (non-hydrogen) atoms. The summed E-state index contributed by atoms with van der Waals surface area (Å²) in [5.41, 5.74) is 2.88. The van der Waals surface area contributed by atoms with Crippen molar-refractivity contribution >= 4 is 11.9 Å². The van der Waals surface area contributed by atoms with E-state index in [1.807, 2.05) is 26.0 Å². The van der Waals surface area contributed by atoms with Crippen LogP contribution in [-0.4, -0.2) is 26.1 Å². The van der Waals surface area contributed by atoms with E-state index in [-0.39, 0.29) is 6.54 Å². The highest BCUT2D eigenvalue weighted by molar-refractivity contribution is 6.32. The average Bonchev–Trinajstić information content (AvgIpc) is 2.34. The molecule has 98 valence electrons. The first-order valence-electron chi connectivity index (χ1n) is 5.49. The van der Waals surface area contributed by atoms with Gasteiger partial charge >= 0.3 is 11.9 Å². The van der Waals surface area contributed by atoms with Crippen LogP contribution in [0.25, 0.3) is 0 Å². The van der Waals surface area contributed by atoms with Gasteiger partial charge in [0.25, 0.3) is 0 Å². The van der Waals surface area contributed by atoms with Gasteiger partial charge in [-0.1, -0.05) is 17.7 Å². The van der Waals surface area contributed by atoms with Gasteiger partial charge in [-0.2, -0.15) is 0 Å². The molecule has 5 nitrogen and oxygen atoms in total. The van der Waals surface area contributed by atoms with Gasteiger partial charge in [-0.05, 0) is 19.4 Å². The lowest BCUT2D eigenvalue weighted by Gasteiger charge is -2.13. The van der Waals surface area contributed by atoms with Gasteiger partial charge in [-0.15, -0.1) is 0 Å². The number of amides is 1. The van der Waals surface area contributed by atoms with Crippen LogP contribution in [0.15, 0.2) is 12.1 Å². The Labute approximate surface area is 106 Å². The largest absolute Gasteiger partial charge is 0.496 e. The maximum absolute atomic E-state index is 11.3. The summed E-state index contributed by atoms with van der Waals surface area (Å²) in [7, 11) is 2.74. The molecule has 0 fully saturated rings. The van der Waals surface area contributed by atoms with Crippen LogP contribution in [0.3, 0.4) is 0 Å². The molecule has 0 aromatic heterocycles. The standard InChI is InChI=1S/C13H17NO4/c1-8-5-9(2)11(17-3)10(6-8)7-14-12(15)13(16)18-4/h5-6H,7H2,1-4H3,(H,14,15). The summed E-state index contributed by atoms with van der Waals surface area (Å²) in [6, 6.07) is 3.90. The molecule has 0 aliphatic carbocycles. The molecule has 1 rings (SSSR count). The summed E-state index contributed by atoms with van der Waals surface area (Å²) >= 11 is 0. The molecule has 1 aromatic carbocycles. The van der Waals surface area contributed by atoms with Crippen LogP contribution in [0, 0.1) is 13.8 Å². The monoisotopic (exact) mass is 251 g/mol. The third-order valence-corrected chi connectivity index (χ3v) is 2.51. The first-order chi connectivity index (χ1) is 8.49. The molecule has 0 saturated heterocycles. The fourth-order valence-electron chi connectivity index (χ4n) is 1.81. The minimum absolute atomic E-state index is 0.222. The number of nitrogens with one attached hydrogen (secondary N) is 1. The fraction of sp³-hybridized carbons (Fsp3) is 0.385. The van der Waals surface area contributed by atoms with Crippen LogP contribution < -0.4 is 10.1 Å². The second-order valence-electron chi connectivity index (χ2n) is 3.95. The lowest BCUT2D eigenvalue weighted by Crippen LogP contribution is -2.31. The van der Waals surface area contributed by atoms with Gasteiger partial charge in [-0.25, -0.2) is 4.79 Å². The number of esters is 1. The quantitative estimate of drug-likeness (QED) is 0.645. The Balaban J connectivity index is 2.84. The average molecular weight is 251 g/mol. The van der Waals surface area contributed by atoms with E-state index in [1.54, 1.807) is 7.11 Å². The van der Waals surface area contributed by atoms with E-state index >= 15 is 0 Å². The van der Waals surface area contributed by atoms with Gasteiger partial charge in [-0.3, -0.25) is 4.79 Å². The van der Waals surface area contributed by atoms with E-state index in [2.05, 4.69) is 10.1 Å². The Morgan fingerprint density at radius 1 is 1.22 bits per heavy atom. The first-order valence-corrected chi connectivity index (χ1v) is 5.49. The highest BCUT2D eigenvalue weighted by Gasteiger charge is 2.14. The van der Waals surface area contributed by atoms with Crippen LogP contribution in [0.2, 0.25) is 0 Å². The van der Waals surface area contributed by atoms with E-state index in [1.165, 1.54) is 7.11 Å². The van der Waals surface area contributed by atoms with Gasteiger partial charge in [0, 0.05) is 12.1 Å². The zero-order valence-corrected chi connectivity index (χ0v) is 11.0. The van der Waals surface area contributed by atoms with Crippen molar-refractivity contribution in [3.63, 3.8) is 0 Å². The predicted octanol–water partition coefficient (Wildman–Crippen LogP) is 1.10. The van der Waals surface area contributed by atoms with Crippen LogP contribution in [-0.2, 0) is 20.9 Å². The van der Waals surface area contributed by atoms with Crippen molar-refractivity contribution in [2.24, 2.45) is 0 Å². The van der Waals surface area contributed by atoms with Gasteiger partial charge < -0.3 is 14.8 Å². The van der Waals surface area contributed by atoms with Crippen molar-refractivity contribution in [2.75, 3.05) is 14.2 Å². The van der Waals surface area contributed by atoms with E-state index in [9.17, 15) is 9.59 Å². The van der Waals surface area contributed by atoms with Gasteiger partial charge in [0.15, 0.2) is 0 Å². The Bertz CT molecular complexity index is 468. The highest BCUT2D eigenvalue weighted by Crippen LogP contribution is 2.24. The molecule has 0 atom stereocenters. The van der Waals surface area contributed by atoms with Crippen molar-refractivity contribution in [3.8, 4) is 5.75 Å². The molecule has 0 aliphatic heterocycles. The summed E-state index contributed by atoms with van der Waals surface area (Å²) in [4.78, 5) is 22.2. The summed E-state index contributed by atoms with van der Waals surface area (Å²) in [6.07, 6.45) is 0. The molecule has 1 aromatic rings. The Hall–Kier alpha value is -2.04. The minimum atomic E-state index is -0.904. The van der Waals surface area contributed by atoms with Crippen LogP contribution in [0.1, 0.15) is 16.7 Å². The summed E-state index contributed by atoms with van der Waals surface area (Å²) in [5, 5.41) is 2.49. The number of hydrogen-bond acceptors (Lipinski definition) is 4. The molecule has 0 bridgehead atoms. The maximum Gasteiger partial charge on any atom is 0.396 e. The number of ether oxygens (including phenoxy) is 2. The number of hydrogen-bond donors (Lipinski definition) is 1. The van der Waals surface area contributed by atoms with Crippen molar-refractivity contribution in [2.45, 2.75) is 20.4 Å². The zero-order valence-electron chi connectivity index (χ0n) is 11.0. The van der Waals surface area contributed by atoms with E-state index in [0.717, 1.165) is 16.7 Å². The van der Waals surface area contributed by atoms with E-state index in [0.29, 0.717) is 5.75 Å². The third-order valence-electron chi connectivity index (χ3n) is 2.51. The molecule has 5 heteroatoms. The number of benzene rings is 1. The molecule has 0 heterocycles. The molecule has 0 aliphatic rings. The third kappa shape index (κ3) is 3.23. The van der Waals surface area contributed by atoms with Crippen molar-refractivity contribution in [1.29, 1.82) is 0 Å². The normalized spacial score (nSPS) is 9.78. The van der Waals surface area contributed by atoms with Gasteiger partial charge in [0.05, 0.1) is 14.2 Å². The number of rotatable bonds is 3. The summed E-state index contributed by atoms with van der Waals surface area (Å²) in [5.74, 6) is -0.956. The first kappa shape index (κ1) is 14.0. The molecule has 0 radical (unpaired) electrons. The molecule has 1 amide bonds. The number of aryl methyl sites for hydroxylation is 2. The maximum atomic E-state index is 11.3. The number of carbonyl (C=O) groups is 2. The molecule has 0 unspecified atom stereocenters.